The van der Waals surface area contributed by atoms with Crippen LogP contribution >= 0.6 is 0 Å². The predicted molar refractivity (Wildman–Crippen MR) is 272 cm³/mol. The molecule has 0 aliphatic heterocycles. The van der Waals surface area contributed by atoms with E-state index in [1.165, 1.54) is 44.9 Å². The molecule has 12 heteroatoms. The number of aldehydes is 3. The van der Waals surface area contributed by atoms with Gasteiger partial charge in [0.15, 0.2) is 0 Å². The number of rotatable bonds is 22. The Hall–Kier alpha value is -2.70. The minimum absolute atomic E-state index is 0.0868. The third-order valence-corrected chi connectivity index (χ3v) is 5.43. The fourth-order valence-electron chi connectivity index (χ4n) is 2.50. The minimum atomic E-state index is -0.453. The number of unbranched alkanes of at least 4 members (excludes halogenated alkanes) is 4. The van der Waals surface area contributed by atoms with E-state index in [-0.39, 0.29) is 19.3 Å². The summed E-state index contributed by atoms with van der Waals surface area (Å²) in [5, 5.41) is 8.64. The summed E-state index contributed by atoms with van der Waals surface area (Å²) >= 11 is 0. The molecule has 0 saturated heterocycles. The molecule has 0 heterocycles. The number of nitrogens with two attached hydrogens (primary N) is 3. The van der Waals surface area contributed by atoms with Crippen molar-refractivity contribution in [1.82, 2.24) is 16.0 Å². The van der Waals surface area contributed by atoms with E-state index < -0.39 is 35.8 Å². The first kappa shape index (κ1) is 92.5. The van der Waals surface area contributed by atoms with E-state index in [0.29, 0.717) is 18.9 Å². The summed E-state index contributed by atoms with van der Waals surface area (Å²) in [4.78, 5) is 61.9. The molecule has 0 aromatic carbocycles. The number of hydrogen-bond acceptors (Lipinski definition) is 9. The van der Waals surface area contributed by atoms with Gasteiger partial charge in [-0.1, -0.05) is 204 Å². The van der Waals surface area contributed by atoms with Gasteiger partial charge in [0.05, 0.1) is 18.1 Å². The first-order valence-corrected chi connectivity index (χ1v) is 24.3. The maximum atomic E-state index is 10.4. The van der Waals surface area contributed by atoms with Gasteiger partial charge in [0.2, 0.25) is 17.7 Å². The Morgan fingerprint density at radius 3 is 0.583 bits per heavy atom. The molecular weight excluding hydrogens is 757 g/mol. The molecule has 0 aliphatic rings. The second-order valence-electron chi connectivity index (χ2n) is 10.5. The highest BCUT2D eigenvalue weighted by atomic mass is 16.2. The fraction of sp³-hybridized carbons (Fsp3) is 0.875. The molecule has 9 N–H and O–H groups in total. The van der Waals surface area contributed by atoms with Crippen LogP contribution in [0.2, 0.25) is 0 Å². The second kappa shape index (κ2) is 124. The predicted octanol–water partition coefficient (Wildman–Crippen LogP) is 11.3. The third-order valence-electron chi connectivity index (χ3n) is 5.43. The van der Waals surface area contributed by atoms with Crippen molar-refractivity contribution in [3.8, 4) is 0 Å². The summed E-state index contributed by atoms with van der Waals surface area (Å²) in [6, 6.07) is -1.23. The molecule has 3 amide bonds. The average molecular weight is 873 g/mol. The number of hydrogen-bond donors (Lipinski definition) is 6. The molecular formula is C48H116N6O6. The van der Waals surface area contributed by atoms with Gasteiger partial charge in [0, 0.05) is 19.3 Å². The largest absolute Gasteiger partial charge is 0.370 e. The Labute approximate surface area is 378 Å². The van der Waals surface area contributed by atoms with Crippen molar-refractivity contribution in [2.24, 2.45) is 17.2 Å². The van der Waals surface area contributed by atoms with Crippen LogP contribution in [-0.4, -0.2) is 74.3 Å². The first-order chi connectivity index (χ1) is 28.8. The molecule has 0 spiro atoms. The smallest absolute Gasteiger partial charge is 0.219 e. The highest BCUT2D eigenvalue weighted by molar-refractivity contribution is 5.79. The average Bonchev–Trinajstić information content (AvgIpc) is 3.30. The topological polar surface area (TPSA) is 217 Å². The molecule has 3 atom stereocenters. The van der Waals surface area contributed by atoms with E-state index >= 15 is 0 Å². The number of primary amides is 3. The summed E-state index contributed by atoms with van der Waals surface area (Å²) in [6.45, 7) is 49.3. The molecule has 12 nitrogen and oxygen atoms in total. The van der Waals surface area contributed by atoms with Crippen LogP contribution in [0, 0.1) is 0 Å². The number of carbonyl (C=O) groups excluding carboxylic acids is 6. The van der Waals surface area contributed by atoms with Gasteiger partial charge in [-0.2, -0.15) is 0 Å². The van der Waals surface area contributed by atoms with Crippen LogP contribution in [0.4, 0.5) is 0 Å². The van der Waals surface area contributed by atoms with Gasteiger partial charge in [-0.15, -0.1) is 0 Å². The molecule has 0 rings (SSSR count). The molecule has 0 fully saturated rings. The maximum absolute atomic E-state index is 10.4. The second-order valence-corrected chi connectivity index (χ2v) is 10.5. The highest BCUT2D eigenvalue weighted by Crippen LogP contribution is 1.89. The molecule has 60 heavy (non-hydrogen) atoms. The van der Waals surface area contributed by atoms with Gasteiger partial charge in [-0.25, -0.2) is 0 Å². The normalized spacial score (nSPS) is 9.25. The van der Waals surface area contributed by atoms with Crippen LogP contribution in [0.25, 0.3) is 0 Å². The van der Waals surface area contributed by atoms with Crippen molar-refractivity contribution in [3.63, 3.8) is 0 Å². The van der Waals surface area contributed by atoms with Crippen molar-refractivity contribution in [1.29, 1.82) is 0 Å². The van der Waals surface area contributed by atoms with Gasteiger partial charge >= 0.3 is 0 Å². The Morgan fingerprint density at radius 1 is 0.350 bits per heavy atom. The van der Waals surface area contributed by atoms with E-state index in [0.717, 1.165) is 38.9 Å². The molecule has 0 saturated carbocycles. The highest BCUT2D eigenvalue weighted by Gasteiger charge is 2.09. The van der Waals surface area contributed by atoms with Crippen LogP contribution in [-0.2, 0) is 28.8 Å². The lowest BCUT2D eigenvalue weighted by Crippen LogP contribution is -2.35. The quantitative estimate of drug-likeness (QED) is 0.0570. The van der Waals surface area contributed by atoms with E-state index in [9.17, 15) is 28.8 Å². The van der Waals surface area contributed by atoms with Gasteiger partial charge < -0.3 is 47.5 Å². The van der Waals surface area contributed by atoms with Gasteiger partial charge in [0.25, 0.3) is 0 Å². The van der Waals surface area contributed by atoms with E-state index in [1.54, 1.807) is 0 Å². The molecule has 0 unspecified atom stereocenters. The Morgan fingerprint density at radius 2 is 0.517 bits per heavy atom. The maximum Gasteiger partial charge on any atom is 0.219 e. The molecule has 0 bridgehead atoms. The molecule has 0 aliphatic carbocycles. The summed E-state index contributed by atoms with van der Waals surface area (Å²) in [7, 11) is 0. The van der Waals surface area contributed by atoms with Gasteiger partial charge in [0.1, 0.15) is 18.9 Å². The van der Waals surface area contributed by atoms with Crippen LogP contribution in [0.5, 0.6) is 0 Å². The van der Waals surface area contributed by atoms with Crippen molar-refractivity contribution in [3.05, 3.63) is 0 Å². The van der Waals surface area contributed by atoms with Gasteiger partial charge in [-0.05, 0) is 38.9 Å². The number of nitrogens with one attached hydrogen (secondary N) is 3. The minimum Gasteiger partial charge on any atom is -0.370 e. The molecule has 0 aromatic rings. The Balaban J connectivity index is -0.0000000390. The fourth-order valence-corrected chi connectivity index (χ4v) is 2.50. The summed E-state index contributed by atoms with van der Waals surface area (Å²) in [6.07, 6.45) is 14.5. The van der Waals surface area contributed by atoms with Crippen molar-refractivity contribution >= 4 is 36.6 Å². The van der Waals surface area contributed by atoms with Crippen LogP contribution < -0.4 is 33.2 Å². The van der Waals surface area contributed by atoms with Crippen LogP contribution in [0.15, 0.2) is 0 Å². The Bertz CT molecular complexity index is 587. The number of carbonyl (C=O) groups is 6. The lowest BCUT2D eigenvalue weighted by Gasteiger charge is -2.08. The molecule has 0 aromatic heterocycles. The van der Waals surface area contributed by atoms with E-state index in [1.807, 2.05) is 118 Å². The standard InChI is InChI=1S/3C7H14N2O2.C5H12.2C4H10.7C2H6/c3*1-2-3-9-6(5-10)4-7(8)11;1-3-5-4-2;2*1-3-4-2;7*1-2/h3*5-6,9H,2-4H2,1H3,(H2,8,11);3-5H2,1-2H3;2*3-4H2,1-2H3;7*1-2H3/t3*6-;;;;;;;;;;/m000........../s1. The first-order valence-electron chi connectivity index (χ1n) is 24.3. The van der Waals surface area contributed by atoms with Crippen LogP contribution in [0.1, 0.15) is 243 Å². The lowest BCUT2D eigenvalue weighted by molar-refractivity contribution is -0.121. The lowest BCUT2D eigenvalue weighted by atomic mass is 10.2. The zero-order valence-electron chi connectivity index (χ0n) is 45.0. The Kier molecular flexibility index (Phi) is 191. The van der Waals surface area contributed by atoms with E-state index in [4.69, 9.17) is 17.2 Å². The van der Waals surface area contributed by atoms with Crippen molar-refractivity contribution in [2.75, 3.05) is 19.6 Å². The third kappa shape index (κ3) is 166. The molecule has 0 radical (unpaired) electrons. The van der Waals surface area contributed by atoms with Crippen molar-refractivity contribution < 1.29 is 28.8 Å². The van der Waals surface area contributed by atoms with Crippen LogP contribution in [0.3, 0.4) is 0 Å². The summed E-state index contributed by atoms with van der Waals surface area (Å²) < 4.78 is 0. The monoisotopic (exact) mass is 873 g/mol. The van der Waals surface area contributed by atoms with Crippen molar-refractivity contribution in [2.45, 2.75) is 261 Å². The SMILES string of the molecule is CC.CC.CC.CC.CC.CC.CC.CCCC.CCCC.CCCCC.CCCN[C@H](C=O)CC(N)=O.CCCN[C@H](C=O)CC(N)=O.CCCN[C@H](C=O)CC(N)=O. The molecule has 374 valence electrons. The van der Waals surface area contributed by atoms with Gasteiger partial charge in [-0.3, -0.25) is 14.4 Å². The summed E-state index contributed by atoms with van der Waals surface area (Å²) in [5.74, 6) is -1.36. The number of amides is 3. The van der Waals surface area contributed by atoms with E-state index in [2.05, 4.69) is 57.5 Å². The zero-order chi connectivity index (χ0) is 51.0. The zero-order valence-corrected chi connectivity index (χ0v) is 45.0. The summed E-state index contributed by atoms with van der Waals surface area (Å²) in [5.41, 5.74) is 14.7.